The second kappa shape index (κ2) is 8.28. The molecule has 21 heavy (non-hydrogen) atoms. The fourth-order valence-electron chi connectivity index (χ4n) is 2.61. The Morgan fingerprint density at radius 2 is 2.19 bits per heavy atom. The third-order valence-electron chi connectivity index (χ3n) is 3.71. The Morgan fingerprint density at radius 1 is 1.38 bits per heavy atom. The van der Waals surface area contributed by atoms with Crippen molar-refractivity contribution in [3.63, 3.8) is 0 Å². The van der Waals surface area contributed by atoms with E-state index in [4.69, 9.17) is 28.3 Å². The maximum Gasteiger partial charge on any atom is 0.306 e. The third kappa shape index (κ3) is 5.37. The molecule has 2 unspecified atom stereocenters. The van der Waals surface area contributed by atoms with Crippen LogP contribution in [-0.4, -0.2) is 29.4 Å². The molecule has 0 aromatic heterocycles. The van der Waals surface area contributed by atoms with Crippen LogP contribution >= 0.6 is 35.0 Å². The second-order valence-electron chi connectivity index (χ2n) is 5.28. The van der Waals surface area contributed by atoms with Crippen molar-refractivity contribution < 1.29 is 9.90 Å². The molecule has 0 heterocycles. The molecule has 1 aromatic carbocycles. The van der Waals surface area contributed by atoms with Crippen LogP contribution in [0.25, 0.3) is 0 Å². The smallest absolute Gasteiger partial charge is 0.306 e. The lowest BCUT2D eigenvalue weighted by Gasteiger charge is -2.27. The SMILES string of the molecule is O=C(O)C1CCCC(NCCSc2cc(Cl)ccc2Cl)C1. The van der Waals surface area contributed by atoms with Crippen molar-refractivity contribution in [3.05, 3.63) is 28.2 Å². The van der Waals surface area contributed by atoms with Crippen LogP contribution in [0, 0.1) is 5.92 Å². The number of carboxylic acids is 1. The Labute approximate surface area is 139 Å². The zero-order chi connectivity index (χ0) is 15.2. The number of rotatable bonds is 6. The zero-order valence-electron chi connectivity index (χ0n) is 11.6. The molecule has 0 aliphatic heterocycles. The van der Waals surface area contributed by atoms with Gasteiger partial charge in [-0.25, -0.2) is 0 Å². The molecule has 0 bridgehead atoms. The van der Waals surface area contributed by atoms with Crippen LogP contribution in [0.2, 0.25) is 10.0 Å². The van der Waals surface area contributed by atoms with Gasteiger partial charge in [-0.05, 0) is 37.5 Å². The summed E-state index contributed by atoms with van der Waals surface area (Å²) < 4.78 is 0. The Kier molecular flexibility index (Phi) is 6.68. The molecular weight excluding hydrogens is 329 g/mol. The largest absolute Gasteiger partial charge is 0.481 e. The van der Waals surface area contributed by atoms with E-state index in [9.17, 15) is 4.79 Å². The first-order valence-corrected chi connectivity index (χ1v) is 8.84. The minimum atomic E-state index is -0.665. The van der Waals surface area contributed by atoms with Crippen molar-refractivity contribution in [2.24, 2.45) is 5.92 Å². The van der Waals surface area contributed by atoms with Crippen molar-refractivity contribution in [1.82, 2.24) is 5.32 Å². The van der Waals surface area contributed by atoms with E-state index in [1.54, 1.807) is 23.9 Å². The number of hydrogen-bond acceptors (Lipinski definition) is 3. The number of halogens is 2. The summed E-state index contributed by atoms with van der Waals surface area (Å²) in [5, 5.41) is 13.9. The van der Waals surface area contributed by atoms with Gasteiger partial charge in [0, 0.05) is 28.3 Å². The van der Waals surface area contributed by atoms with E-state index in [-0.39, 0.29) is 5.92 Å². The van der Waals surface area contributed by atoms with E-state index >= 15 is 0 Å². The van der Waals surface area contributed by atoms with Crippen LogP contribution in [0.4, 0.5) is 0 Å². The molecule has 1 aliphatic carbocycles. The number of aliphatic carboxylic acids is 1. The number of hydrogen-bond donors (Lipinski definition) is 2. The van der Waals surface area contributed by atoms with Gasteiger partial charge in [0.2, 0.25) is 0 Å². The summed E-state index contributed by atoms with van der Waals surface area (Å²) in [6.07, 6.45) is 3.59. The molecular formula is C15H19Cl2NO2S. The van der Waals surface area contributed by atoms with E-state index in [1.165, 1.54) is 0 Å². The zero-order valence-corrected chi connectivity index (χ0v) is 14.0. The molecule has 1 fully saturated rings. The fourth-order valence-corrected chi connectivity index (χ4v) is 3.99. The highest BCUT2D eigenvalue weighted by atomic mass is 35.5. The lowest BCUT2D eigenvalue weighted by Crippen LogP contribution is -2.37. The molecule has 1 aromatic rings. The third-order valence-corrected chi connectivity index (χ3v) is 5.44. The molecule has 0 amide bonds. The molecule has 0 radical (unpaired) electrons. The summed E-state index contributed by atoms with van der Waals surface area (Å²) >= 11 is 13.7. The van der Waals surface area contributed by atoms with Crippen LogP contribution in [-0.2, 0) is 4.79 Å². The number of thioether (sulfide) groups is 1. The number of carboxylic acid groups (broad SMARTS) is 1. The predicted octanol–water partition coefficient (Wildman–Crippen LogP) is 4.32. The molecule has 6 heteroatoms. The monoisotopic (exact) mass is 347 g/mol. The topological polar surface area (TPSA) is 49.3 Å². The van der Waals surface area contributed by atoms with Gasteiger partial charge < -0.3 is 10.4 Å². The van der Waals surface area contributed by atoms with Gasteiger partial charge in [0.05, 0.1) is 10.9 Å². The summed E-state index contributed by atoms with van der Waals surface area (Å²) in [6.45, 7) is 0.838. The highest BCUT2D eigenvalue weighted by Gasteiger charge is 2.26. The Hall–Kier alpha value is -0.420. The normalized spacial score (nSPS) is 22.2. The molecule has 0 saturated heterocycles. The Morgan fingerprint density at radius 3 is 2.95 bits per heavy atom. The lowest BCUT2D eigenvalue weighted by molar-refractivity contribution is -0.143. The highest BCUT2D eigenvalue weighted by molar-refractivity contribution is 7.99. The minimum absolute atomic E-state index is 0.189. The van der Waals surface area contributed by atoms with Gasteiger partial charge in [-0.2, -0.15) is 0 Å². The summed E-state index contributed by atoms with van der Waals surface area (Å²) in [5.74, 6) is 0.0294. The van der Waals surface area contributed by atoms with E-state index in [0.717, 1.165) is 42.9 Å². The molecule has 2 N–H and O–H groups in total. The first-order chi connectivity index (χ1) is 10.1. The van der Waals surface area contributed by atoms with Crippen LogP contribution in [0.15, 0.2) is 23.1 Å². The second-order valence-corrected chi connectivity index (χ2v) is 7.26. The van der Waals surface area contributed by atoms with Crippen LogP contribution in [0.1, 0.15) is 25.7 Å². The van der Waals surface area contributed by atoms with Crippen molar-refractivity contribution in [2.75, 3.05) is 12.3 Å². The minimum Gasteiger partial charge on any atom is -0.481 e. The van der Waals surface area contributed by atoms with E-state index < -0.39 is 5.97 Å². The molecule has 2 rings (SSSR count). The summed E-state index contributed by atoms with van der Waals surface area (Å²) in [4.78, 5) is 12.0. The van der Waals surface area contributed by atoms with E-state index in [1.807, 2.05) is 6.07 Å². The Bertz CT molecular complexity index is 499. The van der Waals surface area contributed by atoms with Gasteiger partial charge in [0.25, 0.3) is 0 Å². The van der Waals surface area contributed by atoms with Crippen molar-refractivity contribution in [2.45, 2.75) is 36.6 Å². The molecule has 3 nitrogen and oxygen atoms in total. The Balaban J connectivity index is 1.72. The van der Waals surface area contributed by atoms with Gasteiger partial charge in [-0.15, -0.1) is 11.8 Å². The number of nitrogens with one attached hydrogen (secondary N) is 1. The van der Waals surface area contributed by atoms with Crippen LogP contribution < -0.4 is 5.32 Å². The van der Waals surface area contributed by atoms with Gasteiger partial charge in [0.1, 0.15) is 0 Å². The van der Waals surface area contributed by atoms with Crippen molar-refractivity contribution in [1.29, 1.82) is 0 Å². The fraction of sp³-hybridized carbons (Fsp3) is 0.533. The molecule has 1 saturated carbocycles. The lowest BCUT2D eigenvalue weighted by atomic mass is 9.86. The first-order valence-electron chi connectivity index (χ1n) is 7.10. The molecule has 1 aliphatic rings. The standard InChI is InChI=1S/C15H19Cl2NO2S/c16-11-4-5-13(17)14(9-11)21-7-6-18-12-3-1-2-10(8-12)15(19)20/h4-5,9-10,12,18H,1-3,6-8H2,(H,19,20). The maximum atomic E-state index is 11.0. The van der Waals surface area contributed by atoms with E-state index in [0.29, 0.717) is 16.1 Å². The average Bonchev–Trinajstić information content (AvgIpc) is 2.47. The highest BCUT2D eigenvalue weighted by Crippen LogP contribution is 2.30. The van der Waals surface area contributed by atoms with Crippen LogP contribution in [0.5, 0.6) is 0 Å². The predicted molar refractivity (Wildman–Crippen MR) is 88.6 cm³/mol. The summed E-state index contributed by atoms with van der Waals surface area (Å²) in [5.41, 5.74) is 0. The first kappa shape index (κ1) is 16.9. The number of carbonyl (C=O) groups is 1. The summed E-state index contributed by atoms with van der Waals surface area (Å²) in [6, 6.07) is 5.77. The van der Waals surface area contributed by atoms with Crippen LogP contribution in [0.3, 0.4) is 0 Å². The van der Waals surface area contributed by atoms with E-state index in [2.05, 4.69) is 5.32 Å². The van der Waals surface area contributed by atoms with Crippen molar-refractivity contribution in [3.8, 4) is 0 Å². The maximum absolute atomic E-state index is 11.0. The van der Waals surface area contributed by atoms with Gasteiger partial charge >= 0.3 is 5.97 Å². The average molecular weight is 348 g/mol. The quantitative estimate of drug-likeness (QED) is 0.594. The van der Waals surface area contributed by atoms with Gasteiger partial charge in [0.15, 0.2) is 0 Å². The molecule has 2 atom stereocenters. The molecule has 0 spiro atoms. The van der Waals surface area contributed by atoms with Gasteiger partial charge in [-0.1, -0.05) is 29.6 Å². The van der Waals surface area contributed by atoms with Crippen molar-refractivity contribution >= 4 is 40.9 Å². The molecule has 116 valence electrons. The number of benzene rings is 1. The van der Waals surface area contributed by atoms with Gasteiger partial charge in [-0.3, -0.25) is 4.79 Å². The summed E-state index contributed by atoms with van der Waals surface area (Å²) in [7, 11) is 0.